The van der Waals surface area contributed by atoms with Crippen LogP contribution >= 0.6 is 0 Å². The molecule has 0 saturated carbocycles. The van der Waals surface area contributed by atoms with Crippen molar-refractivity contribution in [2.75, 3.05) is 0 Å². The highest BCUT2D eigenvalue weighted by atomic mass is 32.2. The van der Waals surface area contributed by atoms with E-state index in [1.807, 2.05) is 0 Å². The van der Waals surface area contributed by atoms with E-state index < -0.39 is 22.0 Å². The number of hydrogen-bond acceptors (Lipinski definition) is 4. The van der Waals surface area contributed by atoms with Crippen LogP contribution < -0.4 is 4.72 Å². The molecule has 0 aliphatic carbocycles. The monoisotopic (exact) mass is 244 g/mol. The predicted octanol–water partition coefficient (Wildman–Crippen LogP) is 0.223. The molecule has 0 saturated heterocycles. The van der Waals surface area contributed by atoms with E-state index in [0.717, 1.165) is 6.20 Å². The van der Waals surface area contributed by atoms with Crippen molar-refractivity contribution in [1.29, 1.82) is 0 Å². The smallest absolute Gasteiger partial charge is 0.321 e. The average Bonchev–Trinajstić information content (AvgIpc) is 2.27. The molecule has 0 fully saturated rings. The first-order chi connectivity index (χ1) is 7.47. The van der Waals surface area contributed by atoms with Crippen molar-refractivity contribution >= 4 is 16.0 Å². The number of rotatable bonds is 5. The summed E-state index contributed by atoms with van der Waals surface area (Å²) in [6.07, 6.45) is 2.78. The quantitative estimate of drug-likeness (QED) is 0.772. The maximum Gasteiger partial charge on any atom is 0.321 e. The fraction of sp³-hybridized carbons (Fsp3) is 0.333. The molecule has 2 N–H and O–H groups in total. The van der Waals surface area contributed by atoms with E-state index in [2.05, 4.69) is 9.71 Å². The van der Waals surface area contributed by atoms with Crippen molar-refractivity contribution in [2.24, 2.45) is 0 Å². The fourth-order valence-corrected chi connectivity index (χ4v) is 2.31. The van der Waals surface area contributed by atoms with Crippen molar-refractivity contribution in [2.45, 2.75) is 24.3 Å². The lowest BCUT2D eigenvalue weighted by Gasteiger charge is -2.12. The molecule has 1 unspecified atom stereocenters. The van der Waals surface area contributed by atoms with E-state index in [-0.39, 0.29) is 11.3 Å². The number of carboxylic acid groups (broad SMARTS) is 1. The standard InChI is InChI=1S/C9H12N2O4S/c1-2-8(9(12)13)11-16(14,15)7-4-3-5-10-6-7/h3-6,8,11H,2H2,1H3,(H,12,13). The maximum atomic E-state index is 11.7. The van der Waals surface area contributed by atoms with Crippen LogP contribution in [0.2, 0.25) is 0 Å². The van der Waals surface area contributed by atoms with Crippen LogP contribution in [0.5, 0.6) is 0 Å². The minimum absolute atomic E-state index is 0.0466. The molecule has 0 aliphatic heterocycles. The third-order valence-corrected chi connectivity index (χ3v) is 3.41. The number of nitrogens with one attached hydrogen (secondary N) is 1. The Bertz CT molecular complexity index is 458. The van der Waals surface area contributed by atoms with Crippen molar-refractivity contribution in [3.63, 3.8) is 0 Å². The van der Waals surface area contributed by atoms with Gasteiger partial charge in [0.05, 0.1) is 0 Å². The molecule has 1 atom stereocenters. The molecule has 0 amide bonds. The highest BCUT2D eigenvalue weighted by molar-refractivity contribution is 7.89. The molecular weight excluding hydrogens is 232 g/mol. The van der Waals surface area contributed by atoms with Crippen LogP contribution in [0.25, 0.3) is 0 Å². The van der Waals surface area contributed by atoms with E-state index in [1.54, 1.807) is 6.92 Å². The zero-order chi connectivity index (χ0) is 12.2. The Morgan fingerprint density at radius 2 is 2.31 bits per heavy atom. The van der Waals surface area contributed by atoms with Gasteiger partial charge in [0.2, 0.25) is 10.0 Å². The molecule has 7 heteroatoms. The molecule has 1 rings (SSSR count). The first-order valence-corrected chi connectivity index (χ1v) is 6.11. The van der Waals surface area contributed by atoms with Gasteiger partial charge in [-0.3, -0.25) is 9.78 Å². The molecular formula is C9H12N2O4S. The Morgan fingerprint density at radius 1 is 1.62 bits per heavy atom. The summed E-state index contributed by atoms with van der Waals surface area (Å²) in [7, 11) is -3.81. The Balaban J connectivity index is 2.92. The lowest BCUT2D eigenvalue weighted by Crippen LogP contribution is -2.40. The van der Waals surface area contributed by atoms with E-state index >= 15 is 0 Å². The number of nitrogens with zero attached hydrogens (tertiary/aromatic N) is 1. The molecule has 1 aromatic heterocycles. The van der Waals surface area contributed by atoms with Crippen LogP contribution in [-0.4, -0.2) is 30.5 Å². The number of hydrogen-bond donors (Lipinski definition) is 2. The maximum absolute atomic E-state index is 11.7. The van der Waals surface area contributed by atoms with Gasteiger partial charge in [0, 0.05) is 12.4 Å². The molecule has 88 valence electrons. The van der Waals surface area contributed by atoms with Crippen LogP contribution in [0.1, 0.15) is 13.3 Å². The molecule has 6 nitrogen and oxygen atoms in total. The predicted molar refractivity (Wildman–Crippen MR) is 56.3 cm³/mol. The van der Waals surface area contributed by atoms with Gasteiger partial charge in [-0.1, -0.05) is 6.92 Å². The summed E-state index contributed by atoms with van der Waals surface area (Å²) in [4.78, 5) is 14.3. The Morgan fingerprint density at radius 3 is 2.75 bits per heavy atom. The lowest BCUT2D eigenvalue weighted by atomic mass is 10.2. The molecule has 0 spiro atoms. The van der Waals surface area contributed by atoms with Gasteiger partial charge in [-0.25, -0.2) is 8.42 Å². The average molecular weight is 244 g/mol. The summed E-state index contributed by atoms with van der Waals surface area (Å²) < 4.78 is 25.5. The van der Waals surface area contributed by atoms with Gasteiger partial charge in [-0.05, 0) is 18.6 Å². The normalized spacial score (nSPS) is 13.3. The second-order valence-electron chi connectivity index (χ2n) is 3.11. The molecule has 1 aromatic rings. The van der Waals surface area contributed by atoms with Gasteiger partial charge in [0.1, 0.15) is 10.9 Å². The number of aromatic nitrogens is 1. The van der Waals surface area contributed by atoms with Gasteiger partial charge in [0.15, 0.2) is 0 Å². The molecule has 0 radical (unpaired) electrons. The minimum atomic E-state index is -3.81. The van der Waals surface area contributed by atoms with Crippen molar-refractivity contribution in [3.8, 4) is 0 Å². The highest BCUT2D eigenvalue weighted by Crippen LogP contribution is 2.07. The molecule has 0 bridgehead atoms. The van der Waals surface area contributed by atoms with Crippen LogP contribution in [0, 0.1) is 0 Å². The summed E-state index contributed by atoms with van der Waals surface area (Å²) in [6, 6.07) is 1.70. The van der Waals surface area contributed by atoms with Crippen molar-refractivity contribution < 1.29 is 18.3 Å². The van der Waals surface area contributed by atoms with Gasteiger partial charge in [-0.15, -0.1) is 0 Å². The third kappa shape index (κ3) is 3.01. The summed E-state index contributed by atoms with van der Waals surface area (Å²) >= 11 is 0. The molecule has 1 heterocycles. The second-order valence-corrected chi connectivity index (χ2v) is 4.82. The summed E-state index contributed by atoms with van der Waals surface area (Å²) in [5.74, 6) is -1.20. The third-order valence-electron chi connectivity index (χ3n) is 1.95. The van der Waals surface area contributed by atoms with E-state index in [1.165, 1.54) is 18.3 Å². The van der Waals surface area contributed by atoms with Crippen LogP contribution in [0.3, 0.4) is 0 Å². The Kier molecular flexibility index (Phi) is 3.97. The number of carboxylic acids is 1. The lowest BCUT2D eigenvalue weighted by molar-refractivity contribution is -0.139. The van der Waals surface area contributed by atoms with E-state index in [0.29, 0.717) is 0 Å². The largest absolute Gasteiger partial charge is 0.480 e. The zero-order valence-electron chi connectivity index (χ0n) is 8.62. The van der Waals surface area contributed by atoms with Gasteiger partial charge in [0.25, 0.3) is 0 Å². The number of sulfonamides is 1. The van der Waals surface area contributed by atoms with Crippen molar-refractivity contribution in [1.82, 2.24) is 9.71 Å². The first-order valence-electron chi connectivity index (χ1n) is 4.62. The minimum Gasteiger partial charge on any atom is -0.480 e. The van der Waals surface area contributed by atoms with Gasteiger partial charge < -0.3 is 5.11 Å². The first kappa shape index (κ1) is 12.6. The van der Waals surface area contributed by atoms with Crippen LogP contribution in [0.15, 0.2) is 29.4 Å². The highest BCUT2D eigenvalue weighted by Gasteiger charge is 2.23. The van der Waals surface area contributed by atoms with Gasteiger partial charge >= 0.3 is 5.97 Å². The SMILES string of the molecule is CCC(NS(=O)(=O)c1cccnc1)C(=O)O. The molecule has 0 aliphatic rings. The van der Waals surface area contributed by atoms with Gasteiger partial charge in [-0.2, -0.15) is 4.72 Å². The van der Waals surface area contributed by atoms with Crippen molar-refractivity contribution in [3.05, 3.63) is 24.5 Å². The Labute approximate surface area is 93.4 Å². The van der Waals surface area contributed by atoms with Crippen LogP contribution in [0.4, 0.5) is 0 Å². The molecule has 0 aromatic carbocycles. The number of carbonyl (C=O) groups is 1. The molecule has 16 heavy (non-hydrogen) atoms. The van der Waals surface area contributed by atoms with E-state index in [4.69, 9.17) is 5.11 Å². The fourth-order valence-electron chi connectivity index (χ4n) is 1.07. The Hall–Kier alpha value is -1.47. The summed E-state index contributed by atoms with van der Waals surface area (Å²) in [5, 5.41) is 8.74. The second kappa shape index (κ2) is 5.04. The summed E-state index contributed by atoms with van der Waals surface area (Å²) in [5.41, 5.74) is 0. The number of aliphatic carboxylic acids is 1. The van der Waals surface area contributed by atoms with E-state index in [9.17, 15) is 13.2 Å². The summed E-state index contributed by atoms with van der Waals surface area (Å²) in [6.45, 7) is 1.59. The zero-order valence-corrected chi connectivity index (χ0v) is 9.44. The number of pyridine rings is 1. The topological polar surface area (TPSA) is 96.4 Å². The van der Waals surface area contributed by atoms with Crippen LogP contribution in [-0.2, 0) is 14.8 Å².